The van der Waals surface area contributed by atoms with Gasteiger partial charge in [-0.2, -0.15) is 15.0 Å². The molecule has 25 heavy (non-hydrogen) atoms. The monoisotopic (exact) mass is 357 g/mol. The molecule has 0 aliphatic carbocycles. The first-order chi connectivity index (χ1) is 12.2. The third kappa shape index (κ3) is 3.39. The molecule has 1 aliphatic rings. The number of carbonyl (C=O) groups is 1. The average molecular weight is 358 g/mol. The highest BCUT2D eigenvalue weighted by Crippen LogP contribution is 2.23. The Morgan fingerprint density at radius 3 is 2.72 bits per heavy atom. The van der Waals surface area contributed by atoms with E-state index in [0.29, 0.717) is 31.1 Å². The van der Waals surface area contributed by atoms with Crippen molar-refractivity contribution >= 4 is 17.5 Å². The smallest absolute Gasteiger partial charge is 0.227 e. The van der Waals surface area contributed by atoms with Crippen LogP contribution in [-0.4, -0.2) is 53.9 Å². The van der Waals surface area contributed by atoms with Crippen molar-refractivity contribution in [2.75, 3.05) is 13.1 Å². The zero-order valence-electron chi connectivity index (χ0n) is 13.4. The number of aromatic nitrogens is 6. The van der Waals surface area contributed by atoms with Crippen LogP contribution in [0.15, 0.2) is 42.9 Å². The van der Waals surface area contributed by atoms with E-state index in [2.05, 4.69) is 20.5 Å². The minimum absolute atomic E-state index is 0.0745. The third-order valence-corrected chi connectivity index (χ3v) is 4.59. The summed E-state index contributed by atoms with van der Waals surface area (Å²) in [4.78, 5) is 15.7. The van der Waals surface area contributed by atoms with Crippen molar-refractivity contribution in [1.29, 1.82) is 0 Å². The van der Waals surface area contributed by atoms with Crippen LogP contribution in [0.25, 0.3) is 0 Å². The summed E-state index contributed by atoms with van der Waals surface area (Å²) in [6.45, 7) is 1.74. The molecule has 0 N–H and O–H groups in total. The SMILES string of the molecule is O=C(Cc1ccccc1Cl)N1CC(n2cc(Cn3nccn3)nn2)C1. The number of benzene rings is 1. The van der Waals surface area contributed by atoms with Gasteiger partial charge in [0.2, 0.25) is 5.91 Å². The van der Waals surface area contributed by atoms with Crippen LogP contribution in [0.2, 0.25) is 5.02 Å². The molecule has 1 aliphatic heterocycles. The van der Waals surface area contributed by atoms with E-state index in [1.54, 1.807) is 27.9 Å². The summed E-state index contributed by atoms with van der Waals surface area (Å²) in [6, 6.07) is 7.58. The van der Waals surface area contributed by atoms with Gasteiger partial charge in [-0.1, -0.05) is 35.0 Å². The molecule has 4 rings (SSSR count). The van der Waals surface area contributed by atoms with Crippen molar-refractivity contribution in [2.45, 2.75) is 19.0 Å². The molecule has 128 valence electrons. The van der Waals surface area contributed by atoms with Gasteiger partial charge in [0, 0.05) is 18.1 Å². The molecule has 1 amide bonds. The number of hydrogen-bond acceptors (Lipinski definition) is 5. The standard InChI is InChI=1S/C16H16ClN7O/c17-15-4-2-1-3-12(15)7-16(25)22-10-14(11-22)23-8-13(20-21-23)9-24-18-5-6-19-24/h1-6,8,14H,7,9-11H2. The van der Waals surface area contributed by atoms with E-state index < -0.39 is 0 Å². The fourth-order valence-corrected chi connectivity index (χ4v) is 2.98. The first-order valence-corrected chi connectivity index (χ1v) is 8.33. The van der Waals surface area contributed by atoms with E-state index in [4.69, 9.17) is 11.6 Å². The highest BCUT2D eigenvalue weighted by atomic mass is 35.5. The molecule has 0 atom stereocenters. The highest BCUT2D eigenvalue weighted by Gasteiger charge is 2.32. The van der Waals surface area contributed by atoms with E-state index in [1.165, 1.54) is 0 Å². The lowest BCUT2D eigenvalue weighted by molar-refractivity contribution is -0.136. The van der Waals surface area contributed by atoms with Gasteiger partial charge in [-0.25, -0.2) is 4.68 Å². The number of nitrogens with zero attached hydrogens (tertiary/aromatic N) is 7. The van der Waals surface area contributed by atoms with Gasteiger partial charge in [-0.05, 0) is 11.6 Å². The second-order valence-electron chi connectivity index (χ2n) is 5.97. The second-order valence-corrected chi connectivity index (χ2v) is 6.38. The molecule has 1 fully saturated rings. The molecular formula is C16H16ClN7O. The van der Waals surface area contributed by atoms with Crippen LogP contribution in [0.5, 0.6) is 0 Å². The van der Waals surface area contributed by atoms with E-state index >= 15 is 0 Å². The molecule has 9 heteroatoms. The van der Waals surface area contributed by atoms with Crippen molar-refractivity contribution in [2.24, 2.45) is 0 Å². The van der Waals surface area contributed by atoms with Crippen LogP contribution in [0, 0.1) is 0 Å². The maximum absolute atomic E-state index is 12.3. The Morgan fingerprint density at radius 2 is 1.96 bits per heavy atom. The molecular weight excluding hydrogens is 342 g/mol. The Labute approximate surface area is 149 Å². The predicted octanol–water partition coefficient (Wildman–Crippen LogP) is 1.20. The van der Waals surface area contributed by atoms with Gasteiger partial charge in [0.15, 0.2) is 0 Å². The van der Waals surface area contributed by atoms with Gasteiger partial charge >= 0.3 is 0 Å². The summed E-state index contributed by atoms with van der Waals surface area (Å²) in [5, 5.41) is 17.0. The maximum Gasteiger partial charge on any atom is 0.227 e. The topological polar surface area (TPSA) is 81.7 Å². The maximum atomic E-state index is 12.3. The Balaban J connectivity index is 1.32. The van der Waals surface area contributed by atoms with Gasteiger partial charge < -0.3 is 4.90 Å². The lowest BCUT2D eigenvalue weighted by Crippen LogP contribution is -2.51. The molecule has 0 bridgehead atoms. The van der Waals surface area contributed by atoms with Crippen molar-refractivity contribution < 1.29 is 4.79 Å². The van der Waals surface area contributed by atoms with Gasteiger partial charge in [0.25, 0.3) is 0 Å². The molecule has 0 saturated carbocycles. The van der Waals surface area contributed by atoms with Crippen LogP contribution in [-0.2, 0) is 17.8 Å². The molecule has 0 unspecified atom stereocenters. The third-order valence-electron chi connectivity index (χ3n) is 4.22. The number of hydrogen-bond donors (Lipinski definition) is 0. The van der Waals surface area contributed by atoms with Crippen molar-refractivity contribution in [3.8, 4) is 0 Å². The van der Waals surface area contributed by atoms with Gasteiger partial charge in [0.1, 0.15) is 12.2 Å². The summed E-state index contributed by atoms with van der Waals surface area (Å²) in [5.74, 6) is 0.0745. The Kier molecular flexibility index (Phi) is 4.19. The van der Waals surface area contributed by atoms with Crippen LogP contribution >= 0.6 is 11.6 Å². The number of likely N-dealkylation sites (tertiary alicyclic amines) is 1. The molecule has 1 aromatic carbocycles. The summed E-state index contributed by atoms with van der Waals surface area (Å²) in [6.07, 6.45) is 5.45. The molecule has 3 heterocycles. The van der Waals surface area contributed by atoms with Crippen molar-refractivity contribution in [1.82, 2.24) is 34.9 Å². The molecule has 0 radical (unpaired) electrons. The Bertz CT molecular complexity index is 870. The van der Waals surface area contributed by atoms with Gasteiger partial charge in [-0.15, -0.1) is 5.10 Å². The summed E-state index contributed by atoms with van der Waals surface area (Å²) < 4.78 is 1.80. The summed E-state index contributed by atoms with van der Waals surface area (Å²) >= 11 is 6.11. The van der Waals surface area contributed by atoms with E-state index in [1.807, 2.05) is 29.3 Å². The summed E-state index contributed by atoms with van der Waals surface area (Å²) in [5.41, 5.74) is 1.64. The van der Waals surface area contributed by atoms with Crippen LogP contribution in [0.1, 0.15) is 17.3 Å². The molecule has 0 spiro atoms. The van der Waals surface area contributed by atoms with Crippen molar-refractivity contribution in [3.63, 3.8) is 0 Å². The molecule has 2 aromatic heterocycles. The summed E-state index contributed by atoms with van der Waals surface area (Å²) in [7, 11) is 0. The highest BCUT2D eigenvalue weighted by molar-refractivity contribution is 6.31. The Hall–Kier alpha value is -2.74. The van der Waals surface area contributed by atoms with Crippen LogP contribution < -0.4 is 0 Å². The fourth-order valence-electron chi connectivity index (χ4n) is 2.78. The van der Waals surface area contributed by atoms with Crippen molar-refractivity contribution in [3.05, 3.63) is 59.1 Å². The quantitative estimate of drug-likeness (QED) is 0.685. The van der Waals surface area contributed by atoms with E-state index in [9.17, 15) is 4.79 Å². The number of rotatable bonds is 5. The first kappa shape index (κ1) is 15.8. The number of halogens is 1. The van der Waals surface area contributed by atoms with E-state index in [-0.39, 0.29) is 11.9 Å². The minimum atomic E-state index is 0.0745. The van der Waals surface area contributed by atoms with Gasteiger partial charge in [-0.3, -0.25) is 4.79 Å². The average Bonchev–Trinajstić information content (AvgIpc) is 3.21. The lowest BCUT2D eigenvalue weighted by Gasteiger charge is -2.39. The zero-order valence-corrected chi connectivity index (χ0v) is 14.1. The molecule has 3 aromatic rings. The first-order valence-electron chi connectivity index (χ1n) is 7.95. The zero-order chi connectivity index (χ0) is 17.2. The van der Waals surface area contributed by atoms with E-state index in [0.717, 1.165) is 11.3 Å². The van der Waals surface area contributed by atoms with Gasteiger partial charge in [0.05, 0.1) is 31.1 Å². The second kappa shape index (κ2) is 6.64. The number of carbonyl (C=O) groups excluding carboxylic acids is 1. The Morgan fingerprint density at radius 1 is 1.20 bits per heavy atom. The van der Waals surface area contributed by atoms with Crippen LogP contribution in [0.3, 0.4) is 0 Å². The normalized spacial score (nSPS) is 14.5. The minimum Gasteiger partial charge on any atom is -0.338 e. The number of amides is 1. The fraction of sp³-hybridized carbons (Fsp3) is 0.312. The lowest BCUT2D eigenvalue weighted by atomic mass is 10.1. The van der Waals surface area contributed by atoms with Crippen LogP contribution in [0.4, 0.5) is 0 Å². The molecule has 8 nitrogen and oxygen atoms in total. The predicted molar refractivity (Wildman–Crippen MR) is 89.9 cm³/mol. The molecule has 1 saturated heterocycles. The largest absolute Gasteiger partial charge is 0.338 e.